The SMILES string of the molecule is O=C(O)CCCCN1C(=O)/C(=C\c2ccc(N3CCCCCC3)cc2)SC1=S. The van der Waals surface area contributed by atoms with Crippen LogP contribution in [-0.2, 0) is 9.59 Å². The maximum absolute atomic E-state index is 12.6. The number of thioether (sulfide) groups is 1. The quantitative estimate of drug-likeness (QED) is 0.399. The molecule has 0 bridgehead atoms. The molecule has 1 amide bonds. The number of amides is 1. The van der Waals surface area contributed by atoms with Crippen molar-refractivity contribution < 1.29 is 14.7 Å². The summed E-state index contributed by atoms with van der Waals surface area (Å²) in [5.74, 6) is -0.893. The molecular formula is C21H26N2O3S2. The molecule has 2 fully saturated rings. The average molecular weight is 419 g/mol. The van der Waals surface area contributed by atoms with Gasteiger partial charge in [0, 0.05) is 31.7 Å². The van der Waals surface area contributed by atoms with Crippen LogP contribution < -0.4 is 4.90 Å². The van der Waals surface area contributed by atoms with Gasteiger partial charge in [-0.2, -0.15) is 0 Å². The van der Waals surface area contributed by atoms with E-state index in [4.69, 9.17) is 17.3 Å². The minimum atomic E-state index is -0.811. The van der Waals surface area contributed by atoms with Gasteiger partial charge >= 0.3 is 5.97 Å². The second kappa shape index (κ2) is 10.1. The van der Waals surface area contributed by atoms with Crippen LogP contribution in [0.4, 0.5) is 5.69 Å². The Labute approximate surface area is 175 Å². The first-order valence-corrected chi connectivity index (χ1v) is 11.1. The fourth-order valence-electron chi connectivity index (χ4n) is 3.50. The van der Waals surface area contributed by atoms with Gasteiger partial charge in [-0.15, -0.1) is 0 Å². The van der Waals surface area contributed by atoms with Gasteiger partial charge in [-0.3, -0.25) is 14.5 Å². The number of anilines is 1. The van der Waals surface area contributed by atoms with Crippen molar-refractivity contribution in [2.45, 2.75) is 44.9 Å². The summed E-state index contributed by atoms with van der Waals surface area (Å²) in [7, 11) is 0. The summed E-state index contributed by atoms with van der Waals surface area (Å²) in [6.07, 6.45) is 8.31. The van der Waals surface area contributed by atoms with Crippen molar-refractivity contribution in [1.82, 2.24) is 4.90 Å². The number of carbonyl (C=O) groups is 2. The van der Waals surface area contributed by atoms with E-state index in [2.05, 4.69) is 29.2 Å². The molecule has 28 heavy (non-hydrogen) atoms. The number of hydrogen-bond acceptors (Lipinski definition) is 5. The van der Waals surface area contributed by atoms with Crippen molar-refractivity contribution in [2.24, 2.45) is 0 Å². The molecule has 0 aliphatic carbocycles. The van der Waals surface area contributed by atoms with Crippen LogP contribution in [0.2, 0.25) is 0 Å². The normalized spacial score (nSPS) is 19.4. The number of nitrogens with zero attached hydrogens (tertiary/aromatic N) is 2. The molecule has 0 spiro atoms. The zero-order valence-corrected chi connectivity index (χ0v) is 17.6. The highest BCUT2D eigenvalue weighted by Gasteiger charge is 2.31. The molecule has 1 aromatic carbocycles. The molecule has 0 aromatic heterocycles. The lowest BCUT2D eigenvalue weighted by molar-refractivity contribution is -0.137. The number of thiocarbonyl (C=S) groups is 1. The van der Waals surface area contributed by atoms with Crippen molar-refractivity contribution in [1.29, 1.82) is 0 Å². The monoisotopic (exact) mass is 418 g/mol. The first-order valence-electron chi connectivity index (χ1n) is 9.87. The van der Waals surface area contributed by atoms with E-state index in [1.165, 1.54) is 43.1 Å². The Morgan fingerprint density at radius 2 is 1.79 bits per heavy atom. The summed E-state index contributed by atoms with van der Waals surface area (Å²) in [5, 5.41) is 8.71. The molecule has 7 heteroatoms. The maximum atomic E-state index is 12.6. The smallest absolute Gasteiger partial charge is 0.303 e. The number of benzene rings is 1. The average Bonchev–Trinajstić information content (AvgIpc) is 2.87. The highest BCUT2D eigenvalue weighted by atomic mass is 32.2. The topological polar surface area (TPSA) is 60.9 Å². The van der Waals surface area contributed by atoms with E-state index in [9.17, 15) is 9.59 Å². The summed E-state index contributed by atoms with van der Waals surface area (Å²) in [6, 6.07) is 8.37. The lowest BCUT2D eigenvalue weighted by Gasteiger charge is -2.22. The van der Waals surface area contributed by atoms with Crippen LogP contribution in [-0.4, -0.2) is 45.8 Å². The van der Waals surface area contributed by atoms with Crippen LogP contribution in [0.1, 0.15) is 50.5 Å². The molecule has 2 saturated heterocycles. The van der Waals surface area contributed by atoms with Gasteiger partial charge < -0.3 is 10.0 Å². The molecule has 150 valence electrons. The first kappa shape index (κ1) is 20.9. The molecular weight excluding hydrogens is 392 g/mol. The predicted octanol–water partition coefficient (Wildman–Crippen LogP) is 4.52. The van der Waals surface area contributed by atoms with Gasteiger partial charge in [0.15, 0.2) is 0 Å². The largest absolute Gasteiger partial charge is 0.481 e. The van der Waals surface area contributed by atoms with Crippen LogP contribution in [0.5, 0.6) is 0 Å². The van der Waals surface area contributed by atoms with E-state index in [0.29, 0.717) is 28.6 Å². The van der Waals surface area contributed by atoms with E-state index < -0.39 is 5.97 Å². The summed E-state index contributed by atoms with van der Waals surface area (Å²) in [4.78, 5) is 27.9. The van der Waals surface area contributed by atoms with Crippen LogP contribution in [0.15, 0.2) is 29.2 Å². The van der Waals surface area contributed by atoms with Crippen LogP contribution in [0.3, 0.4) is 0 Å². The molecule has 1 aromatic rings. The summed E-state index contributed by atoms with van der Waals surface area (Å²) in [6.45, 7) is 2.70. The van der Waals surface area contributed by atoms with E-state index >= 15 is 0 Å². The zero-order valence-electron chi connectivity index (χ0n) is 15.9. The lowest BCUT2D eigenvalue weighted by Crippen LogP contribution is -2.29. The molecule has 0 saturated carbocycles. The van der Waals surface area contributed by atoms with Gasteiger partial charge in [0.1, 0.15) is 4.32 Å². The molecule has 2 aliphatic heterocycles. The molecule has 0 radical (unpaired) electrons. The van der Waals surface area contributed by atoms with Gasteiger partial charge in [0.25, 0.3) is 5.91 Å². The lowest BCUT2D eigenvalue weighted by atomic mass is 10.1. The summed E-state index contributed by atoms with van der Waals surface area (Å²) < 4.78 is 0.549. The highest BCUT2D eigenvalue weighted by molar-refractivity contribution is 8.26. The van der Waals surface area contributed by atoms with Gasteiger partial charge in [-0.25, -0.2) is 0 Å². The van der Waals surface area contributed by atoms with E-state index in [1.807, 2.05) is 6.08 Å². The van der Waals surface area contributed by atoms with Crippen LogP contribution >= 0.6 is 24.0 Å². The Morgan fingerprint density at radius 1 is 1.11 bits per heavy atom. The molecule has 5 nitrogen and oxygen atoms in total. The van der Waals surface area contributed by atoms with Crippen LogP contribution in [0, 0.1) is 0 Å². The van der Waals surface area contributed by atoms with Gasteiger partial charge in [0.05, 0.1) is 4.91 Å². The fraction of sp³-hybridized carbons (Fsp3) is 0.476. The summed E-state index contributed by atoms with van der Waals surface area (Å²) in [5.41, 5.74) is 2.23. The number of aliphatic carboxylic acids is 1. The maximum Gasteiger partial charge on any atom is 0.303 e. The zero-order chi connectivity index (χ0) is 19.9. The third-order valence-electron chi connectivity index (χ3n) is 5.06. The van der Waals surface area contributed by atoms with E-state index in [-0.39, 0.29) is 12.3 Å². The van der Waals surface area contributed by atoms with E-state index in [0.717, 1.165) is 18.7 Å². The number of hydrogen-bond donors (Lipinski definition) is 1. The Bertz CT molecular complexity index is 753. The fourth-order valence-corrected chi connectivity index (χ4v) is 4.81. The molecule has 0 atom stereocenters. The van der Waals surface area contributed by atoms with Gasteiger partial charge in [-0.05, 0) is 49.5 Å². The molecule has 2 aliphatic rings. The second-order valence-corrected chi connectivity index (χ2v) is 8.85. The Morgan fingerprint density at radius 3 is 2.43 bits per heavy atom. The van der Waals surface area contributed by atoms with Crippen molar-refractivity contribution in [3.05, 3.63) is 34.7 Å². The van der Waals surface area contributed by atoms with Crippen molar-refractivity contribution in [2.75, 3.05) is 24.5 Å². The molecule has 1 N–H and O–H groups in total. The number of unbranched alkanes of at least 4 members (excludes halogenated alkanes) is 1. The minimum Gasteiger partial charge on any atom is -0.481 e. The summed E-state index contributed by atoms with van der Waals surface area (Å²) >= 11 is 6.65. The van der Waals surface area contributed by atoms with Gasteiger partial charge in [-0.1, -0.05) is 49.0 Å². The third kappa shape index (κ3) is 5.58. The number of rotatable bonds is 7. The highest BCUT2D eigenvalue weighted by Crippen LogP contribution is 2.33. The van der Waals surface area contributed by atoms with E-state index in [1.54, 1.807) is 4.90 Å². The minimum absolute atomic E-state index is 0.0816. The molecule has 3 rings (SSSR count). The Balaban J connectivity index is 1.60. The molecule has 0 unspecified atom stereocenters. The predicted molar refractivity (Wildman–Crippen MR) is 118 cm³/mol. The Kier molecular flexibility index (Phi) is 7.50. The number of carboxylic acids is 1. The number of carbonyl (C=O) groups excluding carboxylic acids is 1. The van der Waals surface area contributed by atoms with Crippen LogP contribution in [0.25, 0.3) is 6.08 Å². The van der Waals surface area contributed by atoms with Gasteiger partial charge in [0.2, 0.25) is 0 Å². The first-order chi connectivity index (χ1) is 13.5. The second-order valence-electron chi connectivity index (χ2n) is 7.18. The Hall–Kier alpha value is -1.86. The van der Waals surface area contributed by atoms with Crippen molar-refractivity contribution in [3.63, 3.8) is 0 Å². The number of carboxylic acid groups (broad SMARTS) is 1. The van der Waals surface area contributed by atoms with Crippen molar-refractivity contribution in [3.8, 4) is 0 Å². The third-order valence-corrected chi connectivity index (χ3v) is 6.44. The standard InChI is InChI=1S/C21H26N2O3S2/c24-19(25)7-3-6-14-23-20(26)18(28-21(23)27)15-16-8-10-17(11-9-16)22-12-4-1-2-5-13-22/h8-11,15H,1-7,12-14H2,(H,24,25)/b18-15+. The van der Waals surface area contributed by atoms with Crippen molar-refractivity contribution >= 4 is 51.9 Å². The molecule has 2 heterocycles.